The zero-order valence-electron chi connectivity index (χ0n) is 21.3. The number of halogens is 2. The van der Waals surface area contributed by atoms with Crippen LogP contribution in [0, 0.1) is 16.9 Å². The number of benzene rings is 4. The Kier molecular flexibility index (Phi) is 6.42. The minimum absolute atomic E-state index is 0.127. The summed E-state index contributed by atoms with van der Waals surface area (Å²) in [5.74, 6) is 0.127. The number of Topliss-reactive ketones (excluding diaryl/α,β-unsaturated/α-hetero) is 1. The molecule has 0 aliphatic heterocycles. The monoisotopic (exact) mass is 583 g/mol. The zero-order chi connectivity index (χ0) is 25.2. The van der Waals surface area contributed by atoms with E-state index in [2.05, 4.69) is 122 Å². The molecule has 3 nitrogen and oxygen atoms in total. The normalized spacial score (nSPS) is 15.3. The molecule has 0 aliphatic carbocycles. The van der Waals surface area contributed by atoms with Crippen LogP contribution in [0.5, 0.6) is 0 Å². The first-order valence-corrected chi connectivity index (χ1v) is 13.0. The van der Waals surface area contributed by atoms with Crippen molar-refractivity contribution in [2.24, 2.45) is 10.8 Å². The van der Waals surface area contributed by atoms with Crippen LogP contribution in [-0.2, 0) is 0 Å². The Balaban J connectivity index is 2.03. The SMILES string of the molecule is C[C](N(C)Br)C(C)(C(=O)c1ccc2ccc3cccc4ccc1c2c34)C(C)(C)C(C)(C)N(C)Br. The van der Waals surface area contributed by atoms with E-state index in [4.69, 9.17) is 0 Å². The molecule has 4 rings (SSSR count). The standard InChI is InChI=1S/C29H33Br2N2O/c1-18(32(7)30)29(6,27(2,3)28(4,5)33(8)31)26(34)23-17-15-21-13-12-19-10-9-11-20-14-16-22(23)25(21)24(19)20/h9-17H,1-8H3. The number of nitrogens with zero attached hydrogens (tertiary/aromatic N) is 2. The summed E-state index contributed by atoms with van der Waals surface area (Å²) in [6, 6.07) is 20.1. The fourth-order valence-corrected chi connectivity index (χ4v) is 6.21. The van der Waals surface area contributed by atoms with Crippen molar-refractivity contribution in [1.82, 2.24) is 7.85 Å². The van der Waals surface area contributed by atoms with E-state index in [9.17, 15) is 4.79 Å². The van der Waals surface area contributed by atoms with E-state index < -0.39 is 10.8 Å². The lowest BCUT2D eigenvalue weighted by Gasteiger charge is -2.57. The van der Waals surface area contributed by atoms with Gasteiger partial charge in [-0.05, 0) is 79.5 Å². The van der Waals surface area contributed by atoms with Crippen LogP contribution in [0.4, 0.5) is 0 Å². The molecule has 1 unspecified atom stereocenters. The maximum absolute atomic E-state index is 14.8. The highest BCUT2D eigenvalue weighted by atomic mass is 79.9. The highest BCUT2D eigenvalue weighted by Crippen LogP contribution is 2.57. The van der Waals surface area contributed by atoms with Gasteiger partial charge in [0.05, 0.1) is 11.5 Å². The Morgan fingerprint density at radius 2 is 1.26 bits per heavy atom. The molecule has 0 aromatic heterocycles. The van der Waals surface area contributed by atoms with Crippen LogP contribution in [0.25, 0.3) is 32.3 Å². The van der Waals surface area contributed by atoms with Crippen molar-refractivity contribution in [3.05, 3.63) is 66.2 Å². The molecule has 34 heavy (non-hydrogen) atoms. The van der Waals surface area contributed by atoms with Crippen LogP contribution in [0.2, 0.25) is 0 Å². The van der Waals surface area contributed by atoms with E-state index in [0.717, 1.165) is 22.4 Å². The third kappa shape index (κ3) is 3.46. The Morgan fingerprint density at radius 3 is 1.79 bits per heavy atom. The second-order valence-corrected chi connectivity index (χ2v) is 12.8. The van der Waals surface area contributed by atoms with E-state index in [1.54, 1.807) is 0 Å². The summed E-state index contributed by atoms with van der Waals surface area (Å²) in [7, 11) is 3.96. The van der Waals surface area contributed by atoms with E-state index in [0.29, 0.717) is 0 Å². The van der Waals surface area contributed by atoms with Crippen LogP contribution in [-0.4, -0.2) is 33.3 Å². The molecule has 1 radical (unpaired) electrons. The lowest BCUT2D eigenvalue weighted by molar-refractivity contribution is -0.0130. The fourth-order valence-electron chi connectivity index (χ4n) is 5.41. The molecule has 0 fully saturated rings. The molecule has 0 aliphatic rings. The first kappa shape index (κ1) is 25.6. The second-order valence-electron chi connectivity index (χ2n) is 10.6. The third-order valence-corrected chi connectivity index (χ3v) is 10.4. The molecular formula is C29H33Br2N2O. The summed E-state index contributed by atoms with van der Waals surface area (Å²) in [5.41, 5.74) is -0.834. The van der Waals surface area contributed by atoms with Crippen molar-refractivity contribution >= 4 is 70.4 Å². The molecule has 0 bridgehead atoms. The largest absolute Gasteiger partial charge is 0.293 e. The van der Waals surface area contributed by atoms with Crippen molar-refractivity contribution in [1.29, 1.82) is 0 Å². The van der Waals surface area contributed by atoms with Gasteiger partial charge in [-0.1, -0.05) is 68.4 Å². The predicted molar refractivity (Wildman–Crippen MR) is 153 cm³/mol. The topological polar surface area (TPSA) is 23.6 Å². The van der Waals surface area contributed by atoms with Crippen molar-refractivity contribution in [2.45, 2.75) is 47.1 Å². The molecule has 1 atom stereocenters. The van der Waals surface area contributed by atoms with Crippen molar-refractivity contribution in [3.8, 4) is 0 Å². The highest BCUT2D eigenvalue weighted by molar-refractivity contribution is 9.07. The van der Waals surface area contributed by atoms with Gasteiger partial charge < -0.3 is 0 Å². The lowest BCUT2D eigenvalue weighted by atomic mass is 9.52. The first-order chi connectivity index (χ1) is 15.8. The number of hydrogen-bond donors (Lipinski definition) is 0. The van der Waals surface area contributed by atoms with E-state index in [-0.39, 0.29) is 11.3 Å². The Labute approximate surface area is 220 Å². The summed E-state index contributed by atoms with van der Waals surface area (Å²) < 4.78 is 3.95. The molecule has 4 aromatic carbocycles. The highest BCUT2D eigenvalue weighted by Gasteiger charge is 2.59. The van der Waals surface area contributed by atoms with Crippen LogP contribution in [0.1, 0.15) is 51.9 Å². The fraction of sp³-hybridized carbons (Fsp3) is 0.379. The minimum Gasteiger partial charge on any atom is -0.293 e. The van der Waals surface area contributed by atoms with Gasteiger partial charge in [0.2, 0.25) is 0 Å². The van der Waals surface area contributed by atoms with Crippen LogP contribution in [0.15, 0.2) is 54.6 Å². The van der Waals surface area contributed by atoms with Gasteiger partial charge in [-0.3, -0.25) is 4.79 Å². The number of rotatable bonds is 7. The Hall–Kier alpha value is -1.53. The summed E-state index contributed by atoms with van der Waals surface area (Å²) in [6.07, 6.45) is 0. The average Bonchev–Trinajstić information content (AvgIpc) is 2.80. The van der Waals surface area contributed by atoms with Crippen molar-refractivity contribution < 1.29 is 4.79 Å². The number of hydrogen-bond acceptors (Lipinski definition) is 3. The zero-order valence-corrected chi connectivity index (χ0v) is 24.4. The van der Waals surface area contributed by atoms with Gasteiger partial charge in [-0.2, -0.15) is 0 Å². The Morgan fingerprint density at radius 1 is 0.765 bits per heavy atom. The molecule has 0 heterocycles. The van der Waals surface area contributed by atoms with Gasteiger partial charge >= 0.3 is 0 Å². The maximum Gasteiger partial charge on any atom is 0.171 e. The molecule has 179 valence electrons. The summed E-state index contributed by atoms with van der Waals surface area (Å²) in [4.78, 5) is 14.8. The van der Waals surface area contributed by atoms with Gasteiger partial charge in [0.25, 0.3) is 0 Å². The molecular weight excluding hydrogens is 552 g/mol. The quantitative estimate of drug-likeness (QED) is 0.123. The van der Waals surface area contributed by atoms with Gasteiger partial charge in [0.1, 0.15) is 0 Å². The van der Waals surface area contributed by atoms with Crippen LogP contribution >= 0.6 is 32.3 Å². The Bertz CT molecular complexity index is 1360. The number of ketones is 1. The summed E-state index contributed by atoms with van der Waals surface area (Å²) in [6.45, 7) is 12.9. The van der Waals surface area contributed by atoms with E-state index >= 15 is 0 Å². The van der Waals surface area contributed by atoms with Gasteiger partial charge in [-0.15, -0.1) is 0 Å². The lowest BCUT2D eigenvalue weighted by Crippen LogP contribution is -2.61. The molecule has 0 amide bonds. The van der Waals surface area contributed by atoms with Crippen LogP contribution < -0.4 is 0 Å². The van der Waals surface area contributed by atoms with Gasteiger partial charge in [-0.25, -0.2) is 7.85 Å². The minimum atomic E-state index is -0.806. The van der Waals surface area contributed by atoms with Gasteiger partial charge in [0.15, 0.2) is 5.78 Å². The van der Waals surface area contributed by atoms with Crippen molar-refractivity contribution in [2.75, 3.05) is 14.1 Å². The molecule has 0 saturated heterocycles. The summed E-state index contributed by atoms with van der Waals surface area (Å²) >= 11 is 7.32. The summed E-state index contributed by atoms with van der Waals surface area (Å²) in [5, 5.41) is 6.98. The van der Waals surface area contributed by atoms with Gasteiger partial charge in [0, 0.05) is 43.4 Å². The number of carbonyl (C=O) groups excluding carboxylic acids is 1. The van der Waals surface area contributed by atoms with Crippen LogP contribution in [0.3, 0.4) is 0 Å². The molecule has 0 saturated carbocycles. The number of carbonyl (C=O) groups is 1. The van der Waals surface area contributed by atoms with E-state index in [1.165, 1.54) is 21.5 Å². The molecule has 0 N–H and O–H groups in total. The smallest absolute Gasteiger partial charge is 0.171 e. The van der Waals surface area contributed by atoms with Crippen molar-refractivity contribution in [3.63, 3.8) is 0 Å². The third-order valence-electron chi connectivity index (χ3n) is 8.96. The second kappa shape index (κ2) is 8.55. The molecule has 0 spiro atoms. The average molecular weight is 585 g/mol. The first-order valence-electron chi connectivity index (χ1n) is 11.6. The molecule has 4 aromatic rings. The van der Waals surface area contributed by atoms with E-state index in [1.807, 2.05) is 28.0 Å². The molecule has 5 heteroatoms. The maximum atomic E-state index is 14.8. The predicted octanol–water partition coefficient (Wildman–Crippen LogP) is 8.61.